The Balaban J connectivity index is 1.82. The SMILES string of the molecule is CN(C)c1ccc(N=Cc2cccn2-c2ccc(C(=O)O)cc2)cc1. The first-order chi connectivity index (χ1) is 12.0. The normalized spacial score (nSPS) is 11.0. The molecule has 0 aliphatic carbocycles. The van der Waals surface area contributed by atoms with Gasteiger partial charge in [-0.25, -0.2) is 4.79 Å². The predicted octanol–water partition coefficient (Wildman–Crippen LogP) is 3.99. The van der Waals surface area contributed by atoms with E-state index in [2.05, 4.69) is 4.99 Å². The monoisotopic (exact) mass is 333 g/mol. The van der Waals surface area contributed by atoms with E-state index in [-0.39, 0.29) is 5.56 Å². The maximum atomic E-state index is 11.0. The molecule has 0 aliphatic heterocycles. The van der Waals surface area contributed by atoms with Gasteiger partial charge in [0.05, 0.1) is 23.2 Å². The molecule has 0 unspecified atom stereocenters. The number of carbonyl (C=O) groups is 1. The number of anilines is 1. The largest absolute Gasteiger partial charge is 0.478 e. The average molecular weight is 333 g/mol. The summed E-state index contributed by atoms with van der Waals surface area (Å²) in [4.78, 5) is 17.5. The molecule has 0 fully saturated rings. The van der Waals surface area contributed by atoms with Crippen molar-refractivity contribution in [3.63, 3.8) is 0 Å². The minimum atomic E-state index is -0.929. The quantitative estimate of drug-likeness (QED) is 0.718. The van der Waals surface area contributed by atoms with Gasteiger partial charge in [0.25, 0.3) is 0 Å². The number of hydrogen-bond donors (Lipinski definition) is 1. The maximum absolute atomic E-state index is 11.0. The Morgan fingerprint density at radius 1 is 1.04 bits per heavy atom. The molecule has 1 aromatic heterocycles. The van der Waals surface area contributed by atoms with Crippen LogP contribution in [-0.2, 0) is 0 Å². The molecule has 0 amide bonds. The molecular formula is C20H19N3O2. The first kappa shape index (κ1) is 16.5. The van der Waals surface area contributed by atoms with Crippen LogP contribution >= 0.6 is 0 Å². The molecule has 1 N–H and O–H groups in total. The van der Waals surface area contributed by atoms with Crippen molar-refractivity contribution in [2.24, 2.45) is 4.99 Å². The van der Waals surface area contributed by atoms with Crippen molar-refractivity contribution in [3.8, 4) is 5.69 Å². The second kappa shape index (κ2) is 7.05. The standard InChI is InChI=1S/C20H19N3O2/c1-22(2)17-11-7-16(8-12-17)21-14-19-4-3-13-23(19)18-9-5-15(6-10-18)20(24)25/h3-14H,1-2H3,(H,24,25). The van der Waals surface area contributed by atoms with Crippen LogP contribution < -0.4 is 4.90 Å². The van der Waals surface area contributed by atoms with Crippen molar-refractivity contribution < 1.29 is 9.90 Å². The van der Waals surface area contributed by atoms with Crippen LogP contribution in [0.4, 0.5) is 11.4 Å². The van der Waals surface area contributed by atoms with Crippen LogP contribution in [0.15, 0.2) is 71.9 Å². The average Bonchev–Trinajstić information content (AvgIpc) is 3.09. The molecule has 1 heterocycles. The highest BCUT2D eigenvalue weighted by molar-refractivity contribution is 5.88. The van der Waals surface area contributed by atoms with Crippen LogP contribution in [0, 0.1) is 0 Å². The van der Waals surface area contributed by atoms with Crippen LogP contribution in [0.1, 0.15) is 16.1 Å². The number of benzene rings is 2. The van der Waals surface area contributed by atoms with E-state index in [9.17, 15) is 4.79 Å². The zero-order chi connectivity index (χ0) is 17.8. The van der Waals surface area contributed by atoms with Crippen molar-refractivity contribution >= 4 is 23.6 Å². The number of carboxylic acid groups (broad SMARTS) is 1. The lowest BCUT2D eigenvalue weighted by Gasteiger charge is -2.11. The van der Waals surface area contributed by atoms with E-state index in [1.54, 1.807) is 30.5 Å². The molecule has 3 rings (SSSR count). The minimum absolute atomic E-state index is 0.270. The van der Waals surface area contributed by atoms with E-state index in [4.69, 9.17) is 5.11 Å². The summed E-state index contributed by atoms with van der Waals surface area (Å²) in [6.45, 7) is 0. The predicted molar refractivity (Wildman–Crippen MR) is 101 cm³/mol. The summed E-state index contributed by atoms with van der Waals surface area (Å²) in [5.74, 6) is -0.929. The van der Waals surface area contributed by atoms with E-state index in [0.29, 0.717) is 0 Å². The van der Waals surface area contributed by atoms with Crippen LogP contribution in [0.25, 0.3) is 5.69 Å². The molecule has 0 spiro atoms. The lowest BCUT2D eigenvalue weighted by atomic mass is 10.2. The topological polar surface area (TPSA) is 57.8 Å². The van der Waals surface area contributed by atoms with Gasteiger partial charge in [-0.05, 0) is 60.7 Å². The smallest absolute Gasteiger partial charge is 0.335 e. The Kier molecular flexibility index (Phi) is 4.66. The molecule has 0 bridgehead atoms. The Morgan fingerprint density at radius 2 is 1.72 bits per heavy atom. The highest BCUT2D eigenvalue weighted by Gasteiger charge is 2.05. The van der Waals surface area contributed by atoms with E-state index in [0.717, 1.165) is 22.8 Å². The summed E-state index contributed by atoms with van der Waals surface area (Å²) in [5, 5.41) is 8.99. The zero-order valence-electron chi connectivity index (χ0n) is 14.1. The van der Waals surface area contributed by atoms with Crippen molar-refractivity contribution in [1.29, 1.82) is 0 Å². The Hall–Kier alpha value is -3.34. The Labute approximate surface area is 146 Å². The summed E-state index contributed by atoms with van der Waals surface area (Å²) in [7, 11) is 4.00. The summed E-state index contributed by atoms with van der Waals surface area (Å²) in [6, 6.07) is 18.6. The lowest BCUT2D eigenvalue weighted by molar-refractivity contribution is 0.0697. The number of carboxylic acids is 1. The number of rotatable bonds is 5. The third kappa shape index (κ3) is 3.77. The van der Waals surface area contributed by atoms with Crippen LogP contribution in [0.2, 0.25) is 0 Å². The molecule has 2 aromatic carbocycles. The molecule has 0 atom stereocenters. The first-order valence-electron chi connectivity index (χ1n) is 7.87. The maximum Gasteiger partial charge on any atom is 0.335 e. The summed E-state index contributed by atoms with van der Waals surface area (Å²) in [6.07, 6.45) is 3.72. The lowest BCUT2D eigenvalue weighted by Crippen LogP contribution is -2.07. The fraction of sp³-hybridized carbons (Fsp3) is 0.100. The molecule has 0 radical (unpaired) electrons. The third-order valence-corrected chi connectivity index (χ3v) is 3.88. The van der Waals surface area contributed by atoms with E-state index < -0.39 is 5.97 Å². The van der Waals surface area contributed by atoms with E-state index in [1.807, 2.05) is 66.2 Å². The van der Waals surface area contributed by atoms with Gasteiger partial charge in [0.15, 0.2) is 0 Å². The minimum Gasteiger partial charge on any atom is -0.478 e. The zero-order valence-corrected chi connectivity index (χ0v) is 14.1. The third-order valence-electron chi connectivity index (χ3n) is 3.88. The summed E-state index contributed by atoms with van der Waals surface area (Å²) < 4.78 is 1.96. The number of aliphatic imine (C=N–C) groups is 1. The Morgan fingerprint density at radius 3 is 2.32 bits per heavy atom. The van der Waals surface area contributed by atoms with Gasteiger partial charge >= 0.3 is 5.97 Å². The molecule has 3 aromatic rings. The molecule has 5 nitrogen and oxygen atoms in total. The number of aromatic nitrogens is 1. The van der Waals surface area contributed by atoms with Gasteiger partial charge in [-0.15, -0.1) is 0 Å². The van der Waals surface area contributed by atoms with Gasteiger partial charge in [-0.2, -0.15) is 0 Å². The van der Waals surface area contributed by atoms with E-state index in [1.165, 1.54) is 0 Å². The molecule has 25 heavy (non-hydrogen) atoms. The molecule has 0 aliphatic rings. The number of aromatic carboxylic acids is 1. The summed E-state index contributed by atoms with van der Waals surface area (Å²) >= 11 is 0. The highest BCUT2D eigenvalue weighted by Crippen LogP contribution is 2.19. The molecule has 5 heteroatoms. The van der Waals surface area contributed by atoms with Crippen LogP contribution in [0.5, 0.6) is 0 Å². The van der Waals surface area contributed by atoms with Crippen molar-refractivity contribution in [2.45, 2.75) is 0 Å². The van der Waals surface area contributed by atoms with Crippen molar-refractivity contribution in [2.75, 3.05) is 19.0 Å². The van der Waals surface area contributed by atoms with Crippen molar-refractivity contribution in [3.05, 3.63) is 78.1 Å². The van der Waals surface area contributed by atoms with Crippen LogP contribution in [0.3, 0.4) is 0 Å². The second-order valence-electron chi connectivity index (χ2n) is 5.82. The number of hydrogen-bond acceptors (Lipinski definition) is 3. The molecule has 0 saturated heterocycles. The molecular weight excluding hydrogens is 314 g/mol. The van der Waals surface area contributed by atoms with Gasteiger partial charge in [0.2, 0.25) is 0 Å². The van der Waals surface area contributed by atoms with Crippen molar-refractivity contribution in [1.82, 2.24) is 4.57 Å². The molecule has 126 valence electrons. The molecule has 0 saturated carbocycles. The highest BCUT2D eigenvalue weighted by atomic mass is 16.4. The van der Waals surface area contributed by atoms with Gasteiger partial charge in [0, 0.05) is 31.7 Å². The fourth-order valence-corrected chi connectivity index (χ4v) is 2.48. The van der Waals surface area contributed by atoms with Gasteiger partial charge in [-0.1, -0.05) is 0 Å². The fourth-order valence-electron chi connectivity index (χ4n) is 2.48. The van der Waals surface area contributed by atoms with Gasteiger partial charge in [-0.3, -0.25) is 4.99 Å². The second-order valence-corrected chi connectivity index (χ2v) is 5.82. The van der Waals surface area contributed by atoms with Gasteiger partial charge in [0.1, 0.15) is 0 Å². The van der Waals surface area contributed by atoms with E-state index >= 15 is 0 Å². The first-order valence-corrected chi connectivity index (χ1v) is 7.87. The summed E-state index contributed by atoms with van der Waals surface area (Å²) in [5.41, 5.74) is 4.08. The number of nitrogens with zero attached hydrogens (tertiary/aromatic N) is 3. The Bertz CT molecular complexity index is 891. The van der Waals surface area contributed by atoms with Gasteiger partial charge < -0.3 is 14.6 Å². The van der Waals surface area contributed by atoms with Crippen LogP contribution in [-0.4, -0.2) is 36.0 Å².